The Bertz CT molecular complexity index is 879. The summed E-state index contributed by atoms with van der Waals surface area (Å²) in [4.78, 5) is 34.6. The normalized spacial score (nSPS) is 19.6. The van der Waals surface area contributed by atoms with Crippen molar-refractivity contribution in [3.8, 4) is 5.75 Å². The molecule has 2 saturated heterocycles. The van der Waals surface area contributed by atoms with Crippen LogP contribution in [0.25, 0.3) is 0 Å². The summed E-state index contributed by atoms with van der Waals surface area (Å²) < 4.78 is 5.98. The Hall–Kier alpha value is -2.80. The first-order valence-electron chi connectivity index (χ1n) is 9.76. The number of likely N-dealkylation sites (tertiary alicyclic amines) is 1. The second kappa shape index (κ2) is 8.69. The average Bonchev–Trinajstić information content (AvgIpc) is 3.09. The van der Waals surface area contributed by atoms with Crippen LogP contribution in [0.15, 0.2) is 48.8 Å². The molecule has 0 radical (unpaired) electrons. The van der Waals surface area contributed by atoms with Gasteiger partial charge in [-0.05, 0) is 43.2 Å². The number of nitrogens with zero attached hydrogens (tertiary/aromatic N) is 4. The Labute approximate surface area is 174 Å². The van der Waals surface area contributed by atoms with Crippen LogP contribution in [0.2, 0.25) is 5.02 Å². The monoisotopic (exact) mass is 414 g/mol. The Morgan fingerprint density at radius 3 is 2.79 bits per heavy atom. The minimum absolute atomic E-state index is 0.0469. The van der Waals surface area contributed by atoms with Crippen molar-refractivity contribution >= 4 is 29.2 Å². The molecule has 8 heteroatoms. The zero-order chi connectivity index (χ0) is 20.2. The Kier molecular flexibility index (Phi) is 5.85. The van der Waals surface area contributed by atoms with Gasteiger partial charge in [0, 0.05) is 42.7 Å². The second-order valence-corrected chi connectivity index (χ2v) is 7.68. The van der Waals surface area contributed by atoms with Crippen molar-refractivity contribution in [1.82, 2.24) is 14.8 Å². The first-order valence-corrected chi connectivity index (χ1v) is 10.1. The third kappa shape index (κ3) is 4.62. The minimum Gasteiger partial charge on any atom is -0.488 e. The fraction of sp³-hybridized carbons (Fsp3) is 0.381. The van der Waals surface area contributed by atoms with Crippen LogP contribution in [0.1, 0.15) is 12.8 Å². The first kappa shape index (κ1) is 19.5. The van der Waals surface area contributed by atoms with E-state index in [1.807, 2.05) is 24.3 Å². The number of hydrogen-bond acceptors (Lipinski definition) is 4. The van der Waals surface area contributed by atoms with Gasteiger partial charge in [-0.15, -0.1) is 0 Å². The zero-order valence-electron chi connectivity index (χ0n) is 16.0. The van der Waals surface area contributed by atoms with E-state index >= 15 is 0 Å². The number of urea groups is 1. The average molecular weight is 415 g/mol. The fourth-order valence-corrected chi connectivity index (χ4v) is 3.93. The molecule has 2 aliphatic heterocycles. The number of anilines is 1. The Morgan fingerprint density at radius 1 is 1.17 bits per heavy atom. The number of pyridine rings is 1. The number of benzene rings is 1. The predicted molar refractivity (Wildman–Crippen MR) is 110 cm³/mol. The summed E-state index contributed by atoms with van der Waals surface area (Å²) in [6, 6.07) is 10.7. The van der Waals surface area contributed by atoms with Gasteiger partial charge in [-0.1, -0.05) is 17.7 Å². The molecule has 0 saturated carbocycles. The summed E-state index contributed by atoms with van der Waals surface area (Å²) in [5, 5.41) is 0.582. The van der Waals surface area contributed by atoms with Crippen LogP contribution in [0.3, 0.4) is 0 Å². The number of piperidine rings is 1. The lowest BCUT2D eigenvalue weighted by molar-refractivity contribution is -0.134. The molecule has 29 heavy (non-hydrogen) atoms. The summed E-state index contributed by atoms with van der Waals surface area (Å²) in [6.45, 7) is 2.36. The van der Waals surface area contributed by atoms with Crippen molar-refractivity contribution in [2.45, 2.75) is 18.9 Å². The summed E-state index contributed by atoms with van der Waals surface area (Å²) in [7, 11) is 0. The van der Waals surface area contributed by atoms with E-state index in [9.17, 15) is 9.59 Å². The molecular weight excluding hydrogens is 392 g/mol. The molecule has 7 nitrogen and oxygen atoms in total. The third-order valence-electron chi connectivity index (χ3n) is 5.22. The molecule has 1 aromatic heterocycles. The maximum absolute atomic E-state index is 12.8. The molecule has 3 amide bonds. The van der Waals surface area contributed by atoms with Gasteiger partial charge in [0.2, 0.25) is 5.91 Å². The number of amides is 3. The van der Waals surface area contributed by atoms with Crippen LogP contribution in [-0.2, 0) is 4.79 Å². The van der Waals surface area contributed by atoms with Crippen LogP contribution >= 0.6 is 11.6 Å². The SMILES string of the molecule is O=C(CN1CCN(c2cccc(Cl)c2)C1=O)N1CCCC(Oc2ccncc2)C1. The van der Waals surface area contributed by atoms with E-state index in [1.54, 1.807) is 39.2 Å². The van der Waals surface area contributed by atoms with E-state index < -0.39 is 0 Å². The van der Waals surface area contributed by atoms with Crippen molar-refractivity contribution in [2.75, 3.05) is 37.6 Å². The number of rotatable bonds is 5. The van der Waals surface area contributed by atoms with Crippen molar-refractivity contribution in [2.24, 2.45) is 0 Å². The van der Waals surface area contributed by atoms with E-state index in [-0.39, 0.29) is 24.6 Å². The van der Waals surface area contributed by atoms with Gasteiger partial charge in [-0.25, -0.2) is 4.79 Å². The van der Waals surface area contributed by atoms with Gasteiger partial charge in [0.1, 0.15) is 18.4 Å². The highest BCUT2D eigenvalue weighted by Crippen LogP contribution is 2.24. The molecular formula is C21H23ClN4O3. The topological polar surface area (TPSA) is 66.0 Å². The lowest BCUT2D eigenvalue weighted by Gasteiger charge is -2.33. The molecule has 0 spiro atoms. The lowest BCUT2D eigenvalue weighted by Crippen LogP contribution is -2.48. The van der Waals surface area contributed by atoms with Gasteiger partial charge in [0.05, 0.1) is 6.54 Å². The summed E-state index contributed by atoms with van der Waals surface area (Å²) in [6.07, 6.45) is 5.10. The molecule has 1 aromatic carbocycles. The highest BCUT2D eigenvalue weighted by atomic mass is 35.5. The van der Waals surface area contributed by atoms with Gasteiger partial charge in [-0.3, -0.25) is 14.7 Å². The largest absolute Gasteiger partial charge is 0.488 e. The molecule has 152 valence electrons. The van der Waals surface area contributed by atoms with E-state index in [4.69, 9.17) is 16.3 Å². The summed E-state index contributed by atoms with van der Waals surface area (Å²) in [5.41, 5.74) is 0.751. The van der Waals surface area contributed by atoms with Gasteiger partial charge in [0.15, 0.2) is 0 Å². The molecule has 2 aromatic rings. The van der Waals surface area contributed by atoms with Gasteiger partial charge < -0.3 is 14.5 Å². The number of carbonyl (C=O) groups is 2. The fourth-order valence-electron chi connectivity index (χ4n) is 3.75. The molecule has 1 atom stereocenters. The Morgan fingerprint density at radius 2 is 2.00 bits per heavy atom. The second-order valence-electron chi connectivity index (χ2n) is 7.24. The molecule has 4 rings (SSSR count). The van der Waals surface area contributed by atoms with Crippen LogP contribution in [-0.4, -0.2) is 65.5 Å². The standard InChI is InChI=1S/C21H23ClN4O3/c22-16-3-1-4-17(13-16)26-12-11-25(21(26)28)15-20(27)24-10-2-5-19(14-24)29-18-6-8-23-9-7-18/h1,3-4,6-9,13,19H,2,5,10-12,14-15H2. The van der Waals surface area contributed by atoms with Gasteiger partial charge in [0.25, 0.3) is 0 Å². The molecule has 2 aliphatic rings. The van der Waals surface area contributed by atoms with Crippen molar-refractivity contribution in [1.29, 1.82) is 0 Å². The van der Waals surface area contributed by atoms with Crippen LogP contribution in [0.4, 0.5) is 10.5 Å². The maximum Gasteiger partial charge on any atom is 0.325 e. The quantitative estimate of drug-likeness (QED) is 0.754. The van der Waals surface area contributed by atoms with Crippen molar-refractivity contribution < 1.29 is 14.3 Å². The maximum atomic E-state index is 12.8. The smallest absolute Gasteiger partial charge is 0.325 e. The van der Waals surface area contributed by atoms with Crippen LogP contribution in [0, 0.1) is 0 Å². The highest BCUT2D eigenvalue weighted by Gasteiger charge is 2.33. The van der Waals surface area contributed by atoms with Gasteiger partial charge in [-0.2, -0.15) is 0 Å². The highest BCUT2D eigenvalue weighted by molar-refractivity contribution is 6.30. The number of aromatic nitrogens is 1. The molecule has 3 heterocycles. The summed E-state index contributed by atoms with van der Waals surface area (Å²) >= 11 is 6.04. The molecule has 0 N–H and O–H groups in total. The molecule has 1 unspecified atom stereocenters. The summed E-state index contributed by atoms with van der Waals surface area (Å²) in [5.74, 6) is 0.709. The lowest BCUT2D eigenvalue weighted by atomic mass is 10.1. The van der Waals surface area contributed by atoms with E-state index in [2.05, 4.69) is 4.98 Å². The van der Waals surface area contributed by atoms with Crippen molar-refractivity contribution in [3.05, 3.63) is 53.8 Å². The first-order chi connectivity index (χ1) is 14.1. The van der Waals surface area contributed by atoms with E-state index in [0.717, 1.165) is 24.3 Å². The number of halogens is 1. The van der Waals surface area contributed by atoms with Crippen LogP contribution in [0.5, 0.6) is 5.75 Å². The molecule has 0 bridgehead atoms. The van der Waals surface area contributed by atoms with Crippen molar-refractivity contribution in [3.63, 3.8) is 0 Å². The zero-order valence-corrected chi connectivity index (χ0v) is 16.8. The van der Waals surface area contributed by atoms with Gasteiger partial charge >= 0.3 is 6.03 Å². The minimum atomic E-state index is -0.165. The van der Waals surface area contributed by atoms with E-state index in [0.29, 0.717) is 31.2 Å². The Balaban J connectivity index is 1.33. The predicted octanol–water partition coefficient (Wildman–Crippen LogP) is 3.05. The number of hydrogen-bond donors (Lipinski definition) is 0. The number of carbonyl (C=O) groups excluding carboxylic acids is 2. The molecule has 2 fully saturated rings. The van der Waals surface area contributed by atoms with E-state index in [1.165, 1.54) is 0 Å². The third-order valence-corrected chi connectivity index (χ3v) is 5.46. The number of ether oxygens (including phenoxy) is 1. The molecule has 0 aliphatic carbocycles. The van der Waals surface area contributed by atoms with Crippen LogP contribution < -0.4 is 9.64 Å².